The van der Waals surface area contributed by atoms with E-state index >= 15 is 0 Å². The Hall–Kier alpha value is -3.73. The van der Waals surface area contributed by atoms with E-state index in [1.807, 2.05) is 35.2 Å². The molecule has 258 valence electrons. The van der Waals surface area contributed by atoms with Crippen LogP contribution in [0.5, 0.6) is 0 Å². The molecule has 48 heavy (non-hydrogen) atoms. The third-order valence-corrected chi connectivity index (χ3v) is 11.8. The van der Waals surface area contributed by atoms with Gasteiger partial charge in [-0.25, -0.2) is 0 Å². The van der Waals surface area contributed by atoms with Gasteiger partial charge in [0, 0.05) is 50.8 Å². The predicted octanol–water partition coefficient (Wildman–Crippen LogP) is 3.24. The van der Waals surface area contributed by atoms with Gasteiger partial charge in [0.05, 0.1) is 36.4 Å². The van der Waals surface area contributed by atoms with Crippen molar-refractivity contribution in [3.8, 4) is 0 Å². The lowest BCUT2D eigenvalue weighted by Crippen LogP contribution is -2.65. The van der Waals surface area contributed by atoms with E-state index in [0.717, 1.165) is 24.8 Å². The van der Waals surface area contributed by atoms with Crippen molar-refractivity contribution in [3.63, 3.8) is 0 Å². The Morgan fingerprint density at radius 1 is 0.979 bits per heavy atom. The number of hydrogen-bond acceptors (Lipinski definition) is 6. The lowest BCUT2D eigenvalue weighted by atomic mass is 9.70. The molecule has 2 saturated heterocycles. The monoisotopic (exact) mass is 658 g/mol. The van der Waals surface area contributed by atoms with Gasteiger partial charge in [0.2, 0.25) is 17.7 Å². The summed E-state index contributed by atoms with van der Waals surface area (Å²) in [6.45, 7) is 6.77. The van der Waals surface area contributed by atoms with E-state index < -0.39 is 23.0 Å². The van der Waals surface area contributed by atoms with Crippen LogP contribution in [0.2, 0.25) is 0 Å². The van der Waals surface area contributed by atoms with E-state index in [-0.39, 0.29) is 41.5 Å². The van der Waals surface area contributed by atoms with Crippen molar-refractivity contribution in [3.05, 3.63) is 53.9 Å². The Morgan fingerprint density at radius 2 is 1.67 bits per heavy atom. The highest BCUT2D eigenvalue weighted by Gasteiger charge is 2.63. The fraction of sp³-hybridized carbons (Fsp3) is 0.649. The van der Waals surface area contributed by atoms with E-state index in [9.17, 15) is 19.2 Å². The van der Waals surface area contributed by atoms with Gasteiger partial charge in [-0.1, -0.05) is 63.4 Å². The van der Waals surface area contributed by atoms with E-state index in [0.29, 0.717) is 57.1 Å². The highest BCUT2D eigenvalue weighted by molar-refractivity contribution is 5.96. The number of carbonyl (C=O) groups is 4. The molecule has 2 aromatic rings. The maximum Gasteiger partial charge on any atom is 0.257 e. The van der Waals surface area contributed by atoms with Gasteiger partial charge in [-0.15, -0.1) is 0 Å². The lowest BCUT2D eigenvalue weighted by molar-refractivity contribution is -0.152. The molecule has 0 bridgehead atoms. The number of nitrogens with zero attached hydrogens (tertiary/aromatic N) is 4. The van der Waals surface area contributed by atoms with Crippen LogP contribution >= 0.6 is 0 Å². The number of carbonyl (C=O) groups excluding carboxylic acids is 4. The van der Waals surface area contributed by atoms with Crippen molar-refractivity contribution in [2.24, 2.45) is 28.6 Å². The summed E-state index contributed by atoms with van der Waals surface area (Å²) < 4.78 is 8.23. The topological polar surface area (TPSA) is 126 Å². The van der Waals surface area contributed by atoms with Crippen LogP contribution in [0, 0.1) is 28.6 Å². The number of ether oxygens (including phenoxy) is 1. The summed E-state index contributed by atoms with van der Waals surface area (Å²) in [5, 5.41) is 10.3. The molecule has 1 aromatic heterocycles. The van der Waals surface area contributed by atoms with Crippen LogP contribution in [0.1, 0.15) is 81.1 Å². The number of aromatic nitrogens is 2. The van der Waals surface area contributed by atoms with Crippen LogP contribution in [0.25, 0.3) is 0 Å². The van der Waals surface area contributed by atoms with Gasteiger partial charge in [0.1, 0.15) is 6.04 Å². The highest BCUT2D eigenvalue weighted by Crippen LogP contribution is 2.55. The van der Waals surface area contributed by atoms with Crippen LogP contribution < -0.4 is 10.6 Å². The molecule has 3 saturated carbocycles. The SMILES string of the molecule is CNC(=O)[C@@H](NC(=O)[C@@H]1CN(C(=O)c2cnn(Cc3ccccc3)c2)CC12CN(C(=O)[C@H]1CC1(C)C)C2)C1(OCC2CCCCC2)CC1. The minimum absolute atomic E-state index is 0.00499. The van der Waals surface area contributed by atoms with Crippen LogP contribution in [-0.2, 0) is 25.7 Å². The van der Waals surface area contributed by atoms with Crippen LogP contribution in [0.15, 0.2) is 42.7 Å². The third kappa shape index (κ3) is 6.37. The molecule has 2 N–H and O–H groups in total. The summed E-state index contributed by atoms with van der Waals surface area (Å²) in [6, 6.07) is 9.12. The van der Waals surface area contributed by atoms with Gasteiger partial charge < -0.3 is 25.2 Å². The van der Waals surface area contributed by atoms with Gasteiger partial charge in [0.25, 0.3) is 5.91 Å². The van der Waals surface area contributed by atoms with Crippen molar-refractivity contribution >= 4 is 23.6 Å². The zero-order valence-corrected chi connectivity index (χ0v) is 28.6. The Balaban J connectivity index is 1.07. The smallest absolute Gasteiger partial charge is 0.257 e. The molecule has 11 nitrogen and oxygen atoms in total. The quantitative estimate of drug-likeness (QED) is 0.382. The summed E-state index contributed by atoms with van der Waals surface area (Å²) >= 11 is 0. The highest BCUT2D eigenvalue weighted by atomic mass is 16.5. The van der Waals surface area contributed by atoms with E-state index in [2.05, 4.69) is 29.6 Å². The number of amides is 4. The molecule has 3 heterocycles. The maximum atomic E-state index is 14.3. The number of nitrogens with one attached hydrogen (secondary N) is 2. The Labute approximate surface area is 283 Å². The first-order valence-electron chi connectivity index (χ1n) is 17.8. The first kappa shape index (κ1) is 32.8. The van der Waals surface area contributed by atoms with Crippen molar-refractivity contribution in [1.82, 2.24) is 30.2 Å². The second-order valence-electron chi connectivity index (χ2n) is 15.9. The Morgan fingerprint density at radius 3 is 2.31 bits per heavy atom. The van der Waals surface area contributed by atoms with Gasteiger partial charge in [-0.05, 0) is 49.0 Å². The van der Waals surface area contributed by atoms with E-state index in [4.69, 9.17) is 4.74 Å². The predicted molar refractivity (Wildman–Crippen MR) is 179 cm³/mol. The van der Waals surface area contributed by atoms with Crippen molar-refractivity contribution < 1.29 is 23.9 Å². The number of likely N-dealkylation sites (tertiary alicyclic amines) is 2. The molecule has 1 spiro atoms. The average molecular weight is 659 g/mol. The number of rotatable bonds is 11. The lowest BCUT2D eigenvalue weighted by Gasteiger charge is -2.50. The first-order chi connectivity index (χ1) is 23.0. The second-order valence-corrected chi connectivity index (χ2v) is 15.9. The van der Waals surface area contributed by atoms with Crippen LogP contribution in [0.4, 0.5) is 0 Å². The van der Waals surface area contributed by atoms with Crippen LogP contribution in [-0.4, -0.2) is 94.7 Å². The molecular weight excluding hydrogens is 608 g/mol. The Bertz CT molecular complexity index is 1540. The molecule has 11 heteroatoms. The second kappa shape index (κ2) is 12.6. The maximum absolute atomic E-state index is 14.3. The van der Waals surface area contributed by atoms with Gasteiger partial charge in [0.15, 0.2) is 0 Å². The summed E-state index contributed by atoms with van der Waals surface area (Å²) in [5.41, 5.74) is 0.259. The summed E-state index contributed by atoms with van der Waals surface area (Å²) in [6.07, 6.45) is 11.6. The number of hydrogen-bond donors (Lipinski definition) is 2. The van der Waals surface area contributed by atoms with Gasteiger partial charge in [-0.3, -0.25) is 23.9 Å². The van der Waals surface area contributed by atoms with Gasteiger partial charge >= 0.3 is 0 Å². The van der Waals surface area contributed by atoms with Crippen molar-refractivity contribution in [1.29, 1.82) is 0 Å². The zero-order valence-electron chi connectivity index (χ0n) is 28.6. The minimum Gasteiger partial charge on any atom is -0.372 e. The minimum atomic E-state index is -0.818. The Kier molecular flexibility index (Phi) is 8.62. The fourth-order valence-electron chi connectivity index (χ4n) is 8.40. The third-order valence-electron chi connectivity index (χ3n) is 11.8. The number of benzene rings is 1. The molecule has 0 unspecified atom stereocenters. The molecular formula is C37H50N6O5. The molecule has 5 aliphatic rings. The summed E-state index contributed by atoms with van der Waals surface area (Å²) in [4.78, 5) is 58.4. The summed E-state index contributed by atoms with van der Waals surface area (Å²) in [5.74, 6) is -0.658. The standard InChI is InChI=1S/C37H50N6O5/c1-35(2)16-28(35)34(47)42-23-36(24-42)22-41(33(46)27-17-39-43(19-27)18-25-10-6-4-7-11-25)20-29(36)31(44)40-30(32(45)38-3)37(14-15-37)48-21-26-12-8-5-9-13-26/h4,6-7,10-11,17,19,26,28-30H,5,8-9,12-16,18,20-24H2,1-3H3,(H,38,45)(H,40,44)/t28-,29+,30-/m1/s1. The normalized spacial score (nSPS) is 25.6. The average Bonchev–Trinajstić information content (AvgIpc) is 3.86. The molecule has 1 aromatic carbocycles. The van der Waals surface area contributed by atoms with E-state index in [1.54, 1.807) is 29.0 Å². The zero-order chi connectivity index (χ0) is 33.7. The molecule has 3 atom stereocenters. The van der Waals surface area contributed by atoms with Crippen LogP contribution in [0.3, 0.4) is 0 Å². The fourth-order valence-corrected chi connectivity index (χ4v) is 8.40. The molecule has 0 radical (unpaired) electrons. The molecule has 2 aliphatic heterocycles. The molecule has 7 rings (SSSR count). The summed E-state index contributed by atoms with van der Waals surface area (Å²) in [7, 11) is 1.59. The van der Waals surface area contributed by atoms with E-state index in [1.165, 1.54) is 19.3 Å². The molecule has 3 aliphatic carbocycles. The van der Waals surface area contributed by atoms with Crippen molar-refractivity contribution in [2.45, 2.75) is 83.4 Å². The number of likely N-dealkylation sites (N-methyl/N-ethyl adjacent to an activating group) is 1. The molecule has 5 fully saturated rings. The largest absolute Gasteiger partial charge is 0.372 e. The van der Waals surface area contributed by atoms with Crippen molar-refractivity contribution in [2.75, 3.05) is 39.8 Å². The molecule has 4 amide bonds. The first-order valence-corrected chi connectivity index (χ1v) is 17.8. The van der Waals surface area contributed by atoms with Gasteiger partial charge in [-0.2, -0.15) is 5.10 Å².